The molecule has 2 N–H and O–H groups in total. The van der Waals surface area contributed by atoms with Gasteiger partial charge in [0.1, 0.15) is 12.1 Å². The summed E-state index contributed by atoms with van der Waals surface area (Å²) in [5.74, 6) is -0.337. The van der Waals surface area contributed by atoms with Crippen LogP contribution in [-0.2, 0) is 14.3 Å². The normalized spacial score (nSPS) is 24.8. The van der Waals surface area contributed by atoms with E-state index in [1.165, 1.54) is 14.0 Å². The third-order valence-corrected chi connectivity index (χ3v) is 7.79. The maximum absolute atomic E-state index is 13.8. The Kier molecular flexibility index (Phi) is 6.62. The van der Waals surface area contributed by atoms with Crippen LogP contribution in [0.1, 0.15) is 38.4 Å². The van der Waals surface area contributed by atoms with Gasteiger partial charge in [-0.2, -0.15) is 0 Å². The molecule has 10 heteroatoms. The minimum Gasteiger partial charge on any atom is -0.436 e. The van der Waals surface area contributed by atoms with Gasteiger partial charge in [0.05, 0.1) is 10.9 Å². The molecular weight excluding hydrogens is 456 g/mol. The number of para-hydroxylation sites is 1. The van der Waals surface area contributed by atoms with E-state index in [-0.39, 0.29) is 17.2 Å². The first-order valence-corrected chi connectivity index (χ1v) is 12.4. The number of thioether (sulfide) groups is 1. The molecule has 2 aliphatic heterocycles. The average molecular weight is 487 g/mol. The molecule has 2 saturated heterocycles. The Balaban J connectivity index is 1.60. The highest BCUT2D eigenvalue weighted by atomic mass is 32.2. The summed E-state index contributed by atoms with van der Waals surface area (Å²) in [6.07, 6.45) is 1.08. The van der Waals surface area contributed by atoms with E-state index in [4.69, 9.17) is 4.74 Å². The Bertz CT molecular complexity index is 1130. The van der Waals surface area contributed by atoms with Gasteiger partial charge >= 0.3 is 6.09 Å². The van der Waals surface area contributed by atoms with Gasteiger partial charge < -0.3 is 20.3 Å². The van der Waals surface area contributed by atoms with E-state index in [2.05, 4.69) is 10.6 Å². The highest BCUT2D eigenvalue weighted by molar-refractivity contribution is 7.99. The molecule has 3 heterocycles. The summed E-state index contributed by atoms with van der Waals surface area (Å²) in [5, 5.41) is 5.83. The lowest BCUT2D eigenvalue weighted by atomic mass is 9.84. The zero-order valence-electron chi connectivity index (χ0n) is 19.7. The predicted octanol–water partition coefficient (Wildman–Crippen LogP) is 2.60. The predicted molar refractivity (Wildman–Crippen MR) is 129 cm³/mol. The van der Waals surface area contributed by atoms with Gasteiger partial charge in [-0.15, -0.1) is 11.8 Å². The van der Waals surface area contributed by atoms with Crippen molar-refractivity contribution in [1.82, 2.24) is 20.1 Å². The van der Waals surface area contributed by atoms with Crippen molar-refractivity contribution in [3.8, 4) is 0 Å². The lowest BCUT2D eigenvalue weighted by Gasteiger charge is -2.34. The first-order valence-electron chi connectivity index (χ1n) is 11.4. The highest BCUT2D eigenvalue weighted by Gasteiger charge is 2.54. The maximum Gasteiger partial charge on any atom is 0.407 e. The van der Waals surface area contributed by atoms with Gasteiger partial charge in [0, 0.05) is 18.6 Å². The number of hydrogen-bond donors (Lipinski definition) is 2. The van der Waals surface area contributed by atoms with Crippen LogP contribution in [0.2, 0.25) is 0 Å². The van der Waals surface area contributed by atoms with Crippen molar-refractivity contribution in [1.29, 1.82) is 0 Å². The largest absolute Gasteiger partial charge is 0.436 e. The van der Waals surface area contributed by atoms with E-state index in [1.807, 2.05) is 44.2 Å². The number of ether oxygens (including phenoxy) is 1. The van der Waals surface area contributed by atoms with Crippen LogP contribution in [0.15, 0.2) is 36.5 Å². The first kappa shape index (κ1) is 24.1. The molecule has 2 aromatic rings. The van der Waals surface area contributed by atoms with Gasteiger partial charge in [-0.1, -0.05) is 32.0 Å². The number of nitrogens with one attached hydrogen (secondary N) is 2. The lowest BCUT2D eigenvalue weighted by Crippen LogP contribution is -2.56. The number of hydrogen-bond acceptors (Lipinski definition) is 6. The average Bonchev–Trinajstić information content (AvgIpc) is 3.31. The summed E-state index contributed by atoms with van der Waals surface area (Å²) >= 11 is 1.63. The summed E-state index contributed by atoms with van der Waals surface area (Å²) in [4.78, 5) is 53.3. The molecule has 0 radical (unpaired) electrons. The molecule has 2 fully saturated rings. The van der Waals surface area contributed by atoms with Crippen molar-refractivity contribution < 1.29 is 23.9 Å². The van der Waals surface area contributed by atoms with Gasteiger partial charge in [0.25, 0.3) is 11.8 Å². The molecule has 182 valence electrons. The summed E-state index contributed by atoms with van der Waals surface area (Å²) in [7, 11) is 1.40. The van der Waals surface area contributed by atoms with Crippen LogP contribution < -0.4 is 10.6 Å². The number of rotatable bonds is 4. The number of carbonyl (C=O) groups excluding carboxylic acids is 4. The molecule has 0 unspecified atom stereocenters. The maximum atomic E-state index is 13.8. The molecule has 0 spiro atoms. The second-order valence-electron chi connectivity index (χ2n) is 9.40. The van der Waals surface area contributed by atoms with Crippen LogP contribution in [0.4, 0.5) is 4.79 Å². The van der Waals surface area contributed by atoms with Gasteiger partial charge in [-0.05, 0) is 43.1 Å². The fourth-order valence-corrected chi connectivity index (χ4v) is 6.37. The van der Waals surface area contributed by atoms with E-state index < -0.39 is 35.6 Å². The molecular formula is C24H30N4O5S. The van der Waals surface area contributed by atoms with Crippen LogP contribution in [0.25, 0.3) is 10.9 Å². The van der Waals surface area contributed by atoms with Crippen molar-refractivity contribution in [2.75, 3.05) is 12.8 Å². The van der Waals surface area contributed by atoms with Crippen LogP contribution in [0, 0.1) is 5.41 Å². The van der Waals surface area contributed by atoms with Crippen LogP contribution >= 0.6 is 11.8 Å². The molecule has 34 heavy (non-hydrogen) atoms. The summed E-state index contributed by atoms with van der Waals surface area (Å²) in [6.45, 7) is 5.47. The Hall–Kier alpha value is -3.01. The van der Waals surface area contributed by atoms with Gasteiger partial charge in [0.2, 0.25) is 5.91 Å². The summed E-state index contributed by atoms with van der Waals surface area (Å²) in [6, 6.07) is 8.06. The van der Waals surface area contributed by atoms with E-state index in [1.54, 1.807) is 27.4 Å². The third kappa shape index (κ3) is 4.38. The Morgan fingerprint density at radius 3 is 2.68 bits per heavy atom. The molecule has 0 aliphatic carbocycles. The third-order valence-electron chi connectivity index (χ3n) is 6.54. The number of carbonyl (C=O) groups is 4. The number of alkyl carbamates (subject to hydrolysis) is 1. The molecule has 1 aromatic carbocycles. The van der Waals surface area contributed by atoms with Crippen molar-refractivity contribution in [3.63, 3.8) is 0 Å². The van der Waals surface area contributed by atoms with Crippen molar-refractivity contribution in [2.24, 2.45) is 5.41 Å². The zero-order chi connectivity index (χ0) is 24.6. The van der Waals surface area contributed by atoms with Crippen LogP contribution in [0.5, 0.6) is 0 Å². The van der Waals surface area contributed by atoms with Crippen molar-refractivity contribution in [2.45, 2.75) is 57.2 Å². The molecule has 4 rings (SSSR count). The molecule has 9 nitrogen and oxygen atoms in total. The van der Waals surface area contributed by atoms with Crippen molar-refractivity contribution >= 4 is 46.5 Å². The second kappa shape index (κ2) is 9.32. The van der Waals surface area contributed by atoms with E-state index >= 15 is 0 Å². The lowest BCUT2D eigenvalue weighted by molar-refractivity contribution is -0.139. The van der Waals surface area contributed by atoms with Crippen LogP contribution in [-0.4, -0.2) is 69.6 Å². The monoisotopic (exact) mass is 486 g/mol. The number of amides is 3. The minimum atomic E-state index is -1.06. The Morgan fingerprint density at radius 2 is 1.94 bits per heavy atom. The zero-order valence-corrected chi connectivity index (χ0v) is 20.6. The van der Waals surface area contributed by atoms with Gasteiger partial charge in [-0.3, -0.25) is 19.0 Å². The standard InChI is InChI=1S/C24H30N4O5S/c1-14(33-23(32)25-4)20(29)26-16-10-12-34-18-13-24(2,3)19(28(18)21(16)30)22(31)27-11-9-15-7-5-6-8-17(15)27/h5-9,11,14,16,18-19H,10,12-13H2,1-4H3,(H,25,32)(H,26,29)/t14-,16-,18-,19+/m0/s1. The second-order valence-corrected chi connectivity index (χ2v) is 10.7. The summed E-state index contributed by atoms with van der Waals surface area (Å²) < 4.78 is 6.61. The number of benzene rings is 1. The van der Waals surface area contributed by atoms with Crippen LogP contribution in [0.3, 0.4) is 0 Å². The topological polar surface area (TPSA) is 110 Å². The molecule has 4 atom stereocenters. The fraction of sp³-hybridized carbons (Fsp3) is 0.500. The summed E-state index contributed by atoms with van der Waals surface area (Å²) in [5.41, 5.74) is 0.351. The van der Waals surface area contributed by atoms with E-state index in [0.717, 1.165) is 10.9 Å². The first-order chi connectivity index (χ1) is 16.1. The fourth-order valence-electron chi connectivity index (χ4n) is 4.79. The SMILES string of the molecule is CNC(=O)O[C@@H](C)C(=O)N[C@H]1CCS[C@H]2CC(C)(C)[C@@H](C(=O)n3ccc4ccccc43)N2C1=O. The number of fused-ring (bicyclic) bond motifs is 2. The van der Waals surface area contributed by atoms with Gasteiger partial charge in [-0.25, -0.2) is 4.79 Å². The smallest absolute Gasteiger partial charge is 0.407 e. The van der Waals surface area contributed by atoms with E-state index in [9.17, 15) is 19.2 Å². The highest BCUT2D eigenvalue weighted by Crippen LogP contribution is 2.47. The molecule has 1 aromatic heterocycles. The minimum absolute atomic E-state index is 0.153. The molecule has 2 aliphatic rings. The van der Waals surface area contributed by atoms with Crippen molar-refractivity contribution in [3.05, 3.63) is 36.5 Å². The number of nitrogens with zero attached hydrogens (tertiary/aromatic N) is 2. The Morgan fingerprint density at radius 1 is 1.21 bits per heavy atom. The number of aromatic nitrogens is 1. The molecule has 3 amide bonds. The molecule has 0 bridgehead atoms. The quantitative estimate of drug-likeness (QED) is 0.688. The Labute approximate surface area is 202 Å². The van der Waals surface area contributed by atoms with E-state index in [0.29, 0.717) is 18.6 Å². The molecule has 0 saturated carbocycles. The van der Waals surface area contributed by atoms with Gasteiger partial charge in [0.15, 0.2) is 6.10 Å².